The summed E-state index contributed by atoms with van der Waals surface area (Å²) in [6, 6.07) is 13.7. The molecule has 1 N–H and O–H groups in total. The summed E-state index contributed by atoms with van der Waals surface area (Å²) in [6.45, 7) is 4.55. The van der Waals surface area contributed by atoms with Crippen LogP contribution in [0.25, 0.3) is 0 Å². The van der Waals surface area contributed by atoms with Crippen LogP contribution in [0, 0.1) is 0 Å². The Hall–Kier alpha value is -1.07. The lowest BCUT2D eigenvalue weighted by Crippen LogP contribution is -2.36. The lowest BCUT2D eigenvalue weighted by molar-refractivity contribution is -0.166. The molecular formula is C19H21BrClNO2. The van der Waals surface area contributed by atoms with Crippen LogP contribution in [0.2, 0.25) is 5.02 Å². The smallest absolute Gasteiger partial charge is 0.138 e. The van der Waals surface area contributed by atoms with Gasteiger partial charge in [-0.1, -0.05) is 57.9 Å². The fourth-order valence-corrected chi connectivity index (χ4v) is 4.04. The molecule has 2 aromatic rings. The van der Waals surface area contributed by atoms with Crippen LogP contribution in [0.5, 0.6) is 5.75 Å². The summed E-state index contributed by atoms with van der Waals surface area (Å²) >= 11 is 9.91. The van der Waals surface area contributed by atoms with Crippen molar-refractivity contribution in [3.05, 3.63) is 63.1 Å². The Labute approximate surface area is 156 Å². The molecule has 0 radical (unpaired) electrons. The molecule has 1 aliphatic rings. The summed E-state index contributed by atoms with van der Waals surface area (Å²) in [5.74, 6) is 0.636. The number of benzene rings is 2. The molecular weight excluding hydrogens is 390 g/mol. The van der Waals surface area contributed by atoms with Crippen LogP contribution in [0.1, 0.15) is 43.9 Å². The molecule has 1 atom stereocenters. The molecule has 0 amide bonds. The average molecular weight is 411 g/mol. The van der Waals surface area contributed by atoms with E-state index in [-0.39, 0.29) is 11.6 Å². The normalized spacial score (nSPS) is 20.3. The molecule has 3 rings (SSSR count). The zero-order valence-electron chi connectivity index (χ0n) is 13.8. The molecule has 1 aliphatic heterocycles. The molecule has 24 heavy (non-hydrogen) atoms. The van der Waals surface area contributed by atoms with Crippen molar-refractivity contribution in [2.75, 3.05) is 0 Å². The monoisotopic (exact) mass is 409 g/mol. The van der Waals surface area contributed by atoms with Gasteiger partial charge in [0.2, 0.25) is 0 Å². The number of halogens is 2. The molecule has 1 heterocycles. The number of rotatable bonds is 4. The van der Waals surface area contributed by atoms with Gasteiger partial charge < -0.3 is 9.94 Å². The molecule has 0 bridgehead atoms. The highest BCUT2D eigenvalue weighted by atomic mass is 79.9. The standard InChI is InChI=1S/C19H21BrClNO2/c1-19(2)9-8-17(22(19)23)14-10-18(16(21)11-15(14)20)24-12-13-6-4-3-5-7-13/h3-7,10-11,17,23H,8-9,12H2,1-2H3/t17-/m0/s1. The van der Waals surface area contributed by atoms with Crippen molar-refractivity contribution < 1.29 is 9.94 Å². The molecule has 128 valence electrons. The van der Waals surface area contributed by atoms with Crippen LogP contribution in [-0.4, -0.2) is 15.8 Å². The van der Waals surface area contributed by atoms with Crippen molar-refractivity contribution in [3.63, 3.8) is 0 Å². The minimum Gasteiger partial charge on any atom is -0.487 e. The van der Waals surface area contributed by atoms with E-state index in [0.717, 1.165) is 28.4 Å². The van der Waals surface area contributed by atoms with Gasteiger partial charge in [-0.25, -0.2) is 0 Å². The Balaban J connectivity index is 1.84. The van der Waals surface area contributed by atoms with E-state index in [1.54, 1.807) is 0 Å². The lowest BCUT2D eigenvalue weighted by atomic mass is 10.0. The zero-order chi connectivity index (χ0) is 17.3. The van der Waals surface area contributed by atoms with Crippen molar-refractivity contribution in [2.24, 2.45) is 0 Å². The van der Waals surface area contributed by atoms with Crippen molar-refractivity contribution in [1.82, 2.24) is 5.06 Å². The summed E-state index contributed by atoms with van der Waals surface area (Å²) < 4.78 is 6.80. The molecule has 0 saturated carbocycles. The van der Waals surface area contributed by atoms with Gasteiger partial charge >= 0.3 is 0 Å². The highest BCUT2D eigenvalue weighted by Crippen LogP contribution is 2.45. The van der Waals surface area contributed by atoms with E-state index in [2.05, 4.69) is 15.9 Å². The summed E-state index contributed by atoms with van der Waals surface area (Å²) in [4.78, 5) is 0. The van der Waals surface area contributed by atoms with Crippen LogP contribution >= 0.6 is 27.5 Å². The quantitative estimate of drug-likeness (QED) is 0.672. The summed E-state index contributed by atoms with van der Waals surface area (Å²) in [7, 11) is 0. The third kappa shape index (κ3) is 3.62. The maximum Gasteiger partial charge on any atom is 0.138 e. The van der Waals surface area contributed by atoms with Gasteiger partial charge in [0.05, 0.1) is 11.1 Å². The van der Waals surface area contributed by atoms with E-state index in [1.165, 1.54) is 5.06 Å². The highest BCUT2D eigenvalue weighted by molar-refractivity contribution is 9.10. The largest absolute Gasteiger partial charge is 0.487 e. The lowest BCUT2D eigenvalue weighted by Gasteiger charge is -2.30. The number of hydrogen-bond acceptors (Lipinski definition) is 3. The minimum absolute atomic E-state index is 0.0642. The molecule has 1 saturated heterocycles. The van der Waals surface area contributed by atoms with Crippen LogP contribution in [0.3, 0.4) is 0 Å². The zero-order valence-corrected chi connectivity index (χ0v) is 16.1. The maximum absolute atomic E-state index is 10.5. The van der Waals surface area contributed by atoms with Gasteiger partial charge in [0, 0.05) is 10.0 Å². The topological polar surface area (TPSA) is 32.7 Å². The molecule has 0 aromatic heterocycles. The van der Waals surface area contributed by atoms with Crippen LogP contribution < -0.4 is 4.74 Å². The predicted octanol–water partition coefficient (Wildman–Crippen LogP) is 5.99. The van der Waals surface area contributed by atoms with Crippen molar-refractivity contribution in [3.8, 4) is 5.75 Å². The first-order chi connectivity index (χ1) is 11.4. The van der Waals surface area contributed by atoms with Gasteiger partial charge in [-0.05, 0) is 49.9 Å². The van der Waals surface area contributed by atoms with Crippen molar-refractivity contribution in [2.45, 2.75) is 44.9 Å². The summed E-state index contributed by atoms with van der Waals surface area (Å²) in [5, 5.41) is 12.5. The van der Waals surface area contributed by atoms with E-state index in [4.69, 9.17) is 16.3 Å². The average Bonchev–Trinajstić information content (AvgIpc) is 2.82. The molecule has 5 heteroatoms. The first-order valence-electron chi connectivity index (χ1n) is 8.02. The number of ether oxygens (including phenoxy) is 1. The fraction of sp³-hybridized carbons (Fsp3) is 0.368. The Morgan fingerprint density at radius 3 is 2.62 bits per heavy atom. The second-order valence-corrected chi connectivity index (χ2v) is 8.05. The highest BCUT2D eigenvalue weighted by Gasteiger charge is 2.40. The molecule has 0 unspecified atom stereocenters. The van der Waals surface area contributed by atoms with E-state index in [0.29, 0.717) is 17.4 Å². The third-order valence-electron chi connectivity index (χ3n) is 4.59. The van der Waals surface area contributed by atoms with E-state index >= 15 is 0 Å². The molecule has 1 fully saturated rings. The van der Waals surface area contributed by atoms with E-state index in [9.17, 15) is 5.21 Å². The number of hydroxylamine groups is 2. The summed E-state index contributed by atoms with van der Waals surface area (Å²) in [5.41, 5.74) is 1.86. The van der Waals surface area contributed by atoms with Gasteiger partial charge in [-0.15, -0.1) is 0 Å². The second-order valence-electron chi connectivity index (χ2n) is 6.79. The van der Waals surface area contributed by atoms with Gasteiger partial charge in [0.1, 0.15) is 12.4 Å². The van der Waals surface area contributed by atoms with Gasteiger partial charge in [0.15, 0.2) is 0 Å². The number of nitrogens with zero attached hydrogens (tertiary/aromatic N) is 1. The summed E-state index contributed by atoms with van der Waals surface area (Å²) in [6.07, 6.45) is 1.82. The molecule has 0 spiro atoms. The number of hydrogen-bond donors (Lipinski definition) is 1. The first kappa shape index (κ1) is 17.7. The van der Waals surface area contributed by atoms with Gasteiger partial charge in [-0.2, -0.15) is 5.06 Å². The van der Waals surface area contributed by atoms with Crippen LogP contribution in [-0.2, 0) is 6.61 Å². The minimum atomic E-state index is -0.227. The predicted molar refractivity (Wildman–Crippen MR) is 99.6 cm³/mol. The van der Waals surface area contributed by atoms with Gasteiger partial charge in [-0.3, -0.25) is 0 Å². The Morgan fingerprint density at radius 2 is 2.00 bits per heavy atom. The van der Waals surface area contributed by atoms with Crippen LogP contribution in [0.4, 0.5) is 0 Å². The van der Waals surface area contributed by atoms with E-state index < -0.39 is 0 Å². The van der Waals surface area contributed by atoms with Crippen molar-refractivity contribution in [1.29, 1.82) is 0 Å². The van der Waals surface area contributed by atoms with E-state index in [1.807, 2.05) is 56.3 Å². The molecule has 3 nitrogen and oxygen atoms in total. The first-order valence-corrected chi connectivity index (χ1v) is 9.19. The SMILES string of the molecule is CC1(C)CC[C@@H](c2cc(OCc3ccccc3)c(Cl)cc2Br)N1O. The fourth-order valence-electron chi connectivity index (χ4n) is 3.08. The Kier molecular flexibility index (Phi) is 5.21. The molecule has 2 aromatic carbocycles. The van der Waals surface area contributed by atoms with Crippen molar-refractivity contribution >= 4 is 27.5 Å². The second kappa shape index (κ2) is 7.04. The third-order valence-corrected chi connectivity index (χ3v) is 5.57. The Morgan fingerprint density at radius 1 is 1.29 bits per heavy atom. The molecule has 0 aliphatic carbocycles. The maximum atomic E-state index is 10.5. The van der Waals surface area contributed by atoms with Gasteiger partial charge in [0.25, 0.3) is 0 Å². The Bertz CT molecular complexity index is 721. The van der Waals surface area contributed by atoms with Crippen LogP contribution in [0.15, 0.2) is 46.9 Å².